The Bertz CT molecular complexity index is 342. The second-order valence-corrected chi connectivity index (χ2v) is 5.28. The molecule has 2 rings (SSSR count). The van der Waals surface area contributed by atoms with E-state index in [4.69, 9.17) is 5.11 Å². The van der Waals surface area contributed by atoms with Gasteiger partial charge >= 0.3 is 0 Å². The highest BCUT2D eigenvalue weighted by atomic mass is 32.1. The monoisotopic (exact) mass is 241 g/mol. The molecule has 0 saturated carbocycles. The molecule has 5 heteroatoms. The van der Waals surface area contributed by atoms with E-state index in [1.807, 2.05) is 0 Å². The zero-order valence-corrected chi connectivity index (χ0v) is 10.7. The molecule has 1 aromatic rings. The molecule has 0 amide bonds. The van der Waals surface area contributed by atoms with Crippen molar-refractivity contribution >= 4 is 16.5 Å². The topological polar surface area (TPSA) is 39.6 Å². The number of likely N-dealkylation sites (N-methyl/N-ethyl adjacent to an activating group) is 1. The van der Waals surface area contributed by atoms with Gasteiger partial charge in [0.1, 0.15) is 0 Å². The van der Waals surface area contributed by atoms with Crippen molar-refractivity contribution < 1.29 is 5.11 Å². The summed E-state index contributed by atoms with van der Waals surface area (Å²) in [4.78, 5) is 10.1. The molecule has 0 radical (unpaired) electrons. The lowest BCUT2D eigenvalue weighted by atomic mass is 10.2. The van der Waals surface area contributed by atoms with Crippen molar-refractivity contribution in [2.75, 3.05) is 31.1 Å². The predicted octanol–water partition coefficient (Wildman–Crippen LogP) is 1.17. The fourth-order valence-electron chi connectivity index (χ4n) is 2.16. The average molecular weight is 241 g/mol. The van der Waals surface area contributed by atoms with Crippen LogP contribution in [0, 0.1) is 0 Å². The standard InChI is InChI=1S/C11H19N3OS/c1-3-13-4-5-14(7-9(13)2)11-12-6-10(8-15)16-11/h6,9,15H,3-5,7-8H2,1-2H3. The van der Waals surface area contributed by atoms with E-state index >= 15 is 0 Å². The smallest absolute Gasteiger partial charge is 0.185 e. The predicted molar refractivity (Wildman–Crippen MR) is 67.0 cm³/mol. The first-order chi connectivity index (χ1) is 7.74. The van der Waals surface area contributed by atoms with E-state index in [9.17, 15) is 0 Å². The Hall–Kier alpha value is -0.650. The van der Waals surface area contributed by atoms with Crippen molar-refractivity contribution in [1.29, 1.82) is 0 Å². The molecule has 1 aliphatic rings. The minimum absolute atomic E-state index is 0.0994. The summed E-state index contributed by atoms with van der Waals surface area (Å²) in [6, 6.07) is 0.584. The van der Waals surface area contributed by atoms with Crippen molar-refractivity contribution in [1.82, 2.24) is 9.88 Å². The molecule has 1 aliphatic heterocycles. The molecule has 4 nitrogen and oxygen atoms in total. The van der Waals surface area contributed by atoms with Crippen LogP contribution in [-0.2, 0) is 6.61 Å². The SMILES string of the molecule is CCN1CCN(c2ncc(CO)s2)CC1C. The third-order valence-corrected chi connectivity index (χ3v) is 4.18. The highest BCUT2D eigenvalue weighted by Crippen LogP contribution is 2.24. The van der Waals surface area contributed by atoms with Gasteiger partial charge in [0.05, 0.1) is 11.5 Å². The summed E-state index contributed by atoms with van der Waals surface area (Å²) >= 11 is 1.60. The summed E-state index contributed by atoms with van der Waals surface area (Å²) in [6.07, 6.45) is 1.77. The maximum atomic E-state index is 9.03. The third-order valence-electron chi connectivity index (χ3n) is 3.14. The van der Waals surface area contributed by atoms with E-state index in [1.54, 1.807) is 17.5 Å². The molecule has 1 N–H and O–H groups in total. The maximum absolute atomic E-state index is 9.03. The Morgan fingerprint density at radius 1 is 1.56 bits per heavy atom. The number of piperazine rings is 1. The molecule has 16 heavy (non-hydrogen) atoms. The molecule has 1 unspecified atom stereocenters. The van der Waals surface area contributed by atoms with Gasteiger partial charge in [0, 0.05) is 31.9 Å². The van der Waals surface area contributed by atoms with Crippen LogP contribution in [0.5, 0.6) is 0 Å². The summed E-state index contributed by atoms with van der Waals surface area (Å²) in [5.41, 5.74) is 0. The van der Waals surface area contributed by atoms with Crippen LogP contribution < -0.4 is 4.90 Å². The fourth-order valence-corrected chi connectivity index (χ4v) is 2.96. The van der Waals surface area contributed by atoms with Crippen molar-refractivity contribution in [3.8, 4) is 0 Å². The summed E-state index contributed by atoms with van der Waals surface area (Å²) in [5, 5.41) is 10.1. The number of rotatable bonds is 3. The molecule has 0 aromatic carbocycles. The zero-order chi connectivity index (χ0) is 11.5. The van der Waals surface area contributed by atoms with E-state index in [0.717, 1.165) is 36.2 Å². The van der Waals surface area contributed by atoms with Crippen molar-refractivity contribution in [2.45, 2.75) is 26.5 Å². The largest absolute Gasteiger partial charge is 0.391 e. The quantitative estimate of drug-likeness (QED) is 0.862. The van der Waals surface area contributed by atoms with Gasteiger partial charge in [-0.15, -0.1) is 0 Å². The minimum Gasteiger partial charge on any atom is -0.391 e. The molecule has 1 fully saturated rings. The molecule has 1 aromatic heterocycles. The van der Waals surface area contributed by atoms with Crippen LogP contribution in [0.2, 0.25) is 0 Å². The summed E-state index contributed by atoms with van der Waals surface area (Å²) < 4.78 is 0. The fraction of sp³-hybridized carbons (Fsp3) is 0.727. The van der Waals surface area contributed by atoms with E-state index in [-0.39, 0.29) is 6.61 Å². The summed E-state index contributed by atoms with van der Waals surface area (Å²) in [5.74, 6) is 0. The van der Waals surface area contributed by atoms with Crippen LogP contribution in [-0.4, -0.2) is 47.2 Å². The number of aliphatic hydroxyl groups is 1. The van der Waals surface area contributed by atoms with E-state index in [2.05, 4.69) is 28.6 Å². The van der Waals surface area contributed by atoms with Crippen molar-refractivity contribution in [3.63, 3.8) is 0 Å². The first kappa shape index (κ1) is 11.8. The van der Waals surface area contributed by atoms with Gasteiger partial charge in [-0.25, -0.2) is 4.98 Å². The molecule has 0 spiro atoms. The van der Waals surface area contributed by atoms with E-state index < -0.39 is 0 Å². The van der Waals surface area contributed by atoms with Gasteiger partial charge < -0.3 is 10.0 Å². The van der Waals surface area contributed by atoms with E-state index in [1.165, 1.54) is 0 Å². The minimum atomic E-state index is 0.0994. The first-order valence-corrected chi connectivity index (χ1v) is 6.60. The number of thiazole rings is 1. The molecule has 90 valence electrons. The van der Waals surface area contributed by atoms with Gasteiger partial charge in [0.25, 0.3) is 0 Å². The molecular weight excluding hydrogens is 222 g/mol. The molecule has 0 bridgehead atoms. The van der Waals surface area contributed by atoms with Crippen molar-refractivity contribution in [3.05, 3.63) is 11.1 Å². The number of aromatic nitrogens is 1. The Labute approximate surface area is 101 Å². The Morgan fingerprint density at radius 3 is 2.94 bits per heavy atom. The highest BCUT2D eigenvalue weighted by Gasteiger charge is 2.23. The van der Waals surface area contributed by atoms with Crippen LogP contribution in [0.1, 0.15) is 18.7 Å². The number of anilines is 1. The zero-order valence-electron chi connectivity index (χ0n) is 9.89. The number of nitrogens with zero attached hydrogens (tertiary/aromatic N) is 3. The van der Waals surface area contributed by atoms with Gasteiger partial charge in [-0.1, -0.05) is 18.3 Å². The van der Waals surface area contributed by atoms with Crippen LogP contribution in [0.3, 0.4) is 0 Å². The van der Waals surface area contributed by atoms with E-state index in [0.29, 0.717) is 6.04 Å². The lowest BCUT2D eigenvalue weighted by molar-refractivity contribution is 0.199. The number of aliphatic hydroxyl groups excluding tert-OH is 1. The first-order valence-electron chi connectivity index (χ1n) is 5.79. The summed E-state index contributed by atoms with van der Waals surface area (Å²) in [7, 11) is 0. The van der Waals surface area contributed by atoms with Gasteiger partial charge in [-0.2, -0.15) is 0 Å². The van der Waals surface area contributed by atoms with Crippen LogP contribution in [0.25, 0.3) is 0 Å². The molecule has 2 heterocycles. The van der Waals surface area contributed by atoms with Crippen LogP contribution >= 0.6 is 11.3 Å². The van der Waals surface area contributed by atoms with Crippen LogP contribution in [0.4, 0.5) is 5.13 Å². The molecule has 1 atom stereocenters. The summed E-state index contributed by atoms with van der Waals surface area (Å²) in [6.45, 7) is 8.86. The van der Waals surface area contributed by atoms with Crippen molar-refractivity contribution in [2.24, 2.45) is 0 Å². The van der Waals surface area contributed by atoms with Gasteiger partial charge in [-0.05, 0) is 13.5 Å². The maximum Gasteiger partial charge on any atom is 0.185 e. The number of hydrogen-bond donors (Lipinski definition) is 1. The Balaban J connectivity index is 2.01. The average Bonchev–Trinajstić information content (AvgIpc) is 2.77. The second-order valence-electron chi connectivity index (χ2n) is 4.19. The second kappa shape index (κ2) is 5.12. The third kappa shape index (κ3) is 2.36. The molecule has 1 saturated heterocycles. The Morgan fingerprint density at radius 2 is 2.38 bits per heavy atom. The van der Waals surface area contributed by atoms with Crippen LogP contribution in [0.15, 0.2) is 6.20 Å². The normalized spacial score (nSPS) is 22.7. The lowest BCUT2D eigenvalue weighted by Crippen LogP contribution is -2.51. The van der Waals surface area contributed by atoms with Gasteiger partial charge in [0.2, 0.25) is 0 Å². The molecular formula is C11H19N3OS. The number of hydrogen-bond acceptors (Lipinski definition) is 5. The molecule has 0 aliphatic carbocycles. The van der Waals surface area contributed by atoms with Gasteiger partial charge in [-0.3, -0.25) is 4.90 Å². The highest BCUT2D eigenvalue weighted by molar-refractivity contribution is 7.15. The Kier molecular flexibility index (Phi) is 3.78. The lowest BCUT2D eigenvalue weighted by Gasteiger charge is -2.39. The van der Waals surface area contributed by atoms with Gasteiger partial charge in [0.15, 0.2) is 5.13 Å².